The summed E-state index contributed by atoms with van der Waals surface area (Å²) in [5.74, 6) is 0.126. The molecule has 0 saturated heterocycles. The normalized spacial score (nSPS) is 11.4. The van der Waals surface area contributed by atoms with Crippen molar-refractivity contribution in [2.75, 3.05) is 5.32 Å². The number of hydrogen-bond donors (Lipinski definition) is 3. The molecular formula is C18H20ClN3O3. The standard InChI is InChI=1S/C18H20ClN3O3/c1-11-4-9-16(10-12(11)2)25-13(3)17(23)21-22-18(24)20-15-7-5-14(19)6-8-15/h4-10,13H,1-3H3,(H,21,23)(H2,20,22,24). The number of urea groups is 1. The third-order valence-electron chi connectivity index (χ3n) is 3.56. The second kappa shape index (κ2) is 8.39. The minimum Gasteiger partial charge on any atom is -0.481 e. The summed E-state index contributed by atoms with van der Waals surface area (Å²) in [6, 6.07) is 11.6. The third kappa shape index (κ3) is 5.69. The van der Waals surface area contributed by atoms with Gasteiger partial charge in [0.15, 0.2) is 6.10 Å². The SMILES string of the molecule is Cc1ccc(OC(C)C(=O)NNC(=O)Nc2ccc(Cl)cc2)cc1C. The number of hydrazine groups is 1. The van der Waals surface area contributed by atoms with E-state index in [9.17, 15) is 9.59 Å². The lowest BCUT2D eigenvalue weighted by molar-refractivity contribution is -0.127. The van der Waals surface area contributed by atoms with Crippen LogP contribution in [0, 0.1) is 13.8 Å². The molecule has 0 radical (unpaired) electrons. The molecule has 1 atom stereocenters. The van der Waals surface area contributed by atoms with Gasteiger partial charge in [0.05, 0.1) is 0 Å². The summed E-state index contributed by atoms with van der Waals surface area (Å²) in [5.41, 5.74) is 7.35. The fourth-order valence-electron chi connectivity index (χ4n) is 1.96. The van der Waals surface area contributed by atoms with Crippen LogP contribution in [0.2, 0.25) is 5.02 Å². The molecule has 0 aliphatic carbocycles. The zero-order chi connectivity index (χ0) is 18.4. The van der Waals surface area contributed by atoms with Crippen LogP contribution in [-0.4, -0.2) is 18.0 Å². The number of anilines is 1. The van der Waals surface area contributed by atoms with Gasteiger partial charge in [-0.05, 0) is 68.3 Å². The number of carbonyl (C=O) groups is 2. The van der Waals surface area contributed by atoms with E-state index in [1.807, 2.05) is 26.0 Å². The van der Waals surface area contributed by atoms with E-state index >= 15 is 0 Å². The summed E-state index contributed by atoms with van der Waals surface area (Å²) >= 11 is 5.77. The summed E-state index contributed by atoms with van der Waals surface area (Å²) in [6.07, 6.45) is -0.766. The van der Waals surface area contributed by atoms with Gasteiger partial charge >= 0.3 is 6.03 Å². The molecule has 0 fully saturated rings. The second-order valence-corrected chi connectivity index (χ2v) is 6.02. The number of benzene rings is 2. The molecule has 25 heavy (non-hydrogen) atoms. The Hall–Kier alpha value is -2.73. The molecule has 0 aromatic heterocycles. The van der Waals surface area contributed by atoms with Crippen molar-refractivity contribution in [3.8, 4) is 5.75 Å². The van der Waals surface area contributed by atoms with Crippen LogP contribution in [0.3, 0.4) is 0 Å². The van der Waals surface area contributed by atoms with Crippen LogP contribution in [0.25, 0.3) is 0 Å². The molecule has 3 N–H and O–H groups in total. The summed E-state index contributed by atoms with van der Waals surface area (Å²) in [6.45, 7) is 5.57. The van der Waals surface area contributed by atoms with E-state index in [1.54, 1.807) is 37.3 Å². The van der Waals surface area contributed by atoms with Gasteiger partial charge in [0.2, 0.25) is 0 Å². The number of nitrogens with one attached hydrogen (secondary N) is 3. The molecule has 0 aliphatic heterocycles. The lowest BCUT2D eigenvalue weighted by atomic mass is 10.1. The molecule has 0 spiro atoms. The molecule has 7 heteroatoms. The number of amides is 3. The largest absolute Gasteiger partial charge is 0.481 e. The van der Waals surface area contributed by atoms with Gasteiger partial charge in [0, 0.05) is 10.7 Å². The van der Waals surface area contributed by atoms with E-state index in [1.165, 1.54) is 0 Å². The highest BCUT2D eigenvalue weighted by Crippen LogP contribution is 2.17. The summed E-state index contributed by atoms with van der Waals surface area (Å²) in [7, 11) is 0. The fraction of sp³-hybridized carbons (Fsp3) is 0.222. The van der Waals surface area contributed by atoms with E-state index in [-0.39, 0.29) is 0 Å². The Morgan fingerprint density at radius 2 is 1.68 bits per heavy atom. The quantitative estimate of drug-likeness (QED) is 0.728. The number of aryl methyl sites for hydroxylation is 2. The van der Waals surface area contributed by atoms with Crippen LogP contribution in [-0.2, 0) is 4.79 Å². The molecule has 0 bridgehead atoms. The second-order valence-electron chi connectivity index (χ2n) is 5.58. The topological polar surface area (TPSA) is 79.5 Å². The maximum Gasteiger partial charge on any atom is 0.337 e. The molecule has 0 heterocycles. The highest BCUT2D eigenvalue weighted by atomic mass is 35.5. The van der Waals surface area contributed by atoms with Crippen molar-refractivity contribution in [3.63, 3.8) is 0 Å². The van der Waals surface area contributed by atoms with E-state index in [0.29, 0.717) is 16.5 Å². The Morgan fingerprint density at radius 3 is 2.32 bits per heavy atom. The number of ether oxygens (including phenoxy) is 1. The van der Waals surface area contributed by atoms with Gasteiger partial charge in [-0.15, -0.1) is 0 Å². The monoisotopic (exact) mass is 361 g/mol. The molecule has 3 amide bonds. The van der Waals surface area contributed by atoms with Crippen LogP contribution in [0.15, 0.2) is 42.5 Å². The van der Waals surface area contributed by atoms with Crippen molar-refractivity contribution >= 4 is 29.2 Å². The number of halogens is 1. The molecule has 0 saturated carbocycles. The van der Waals surface area contributed by atoms with Gasteiger partial charge in [-0.2, -0.15) is 0 Å². The minimum absolute atomic E-state index is 0.468. The Labute approximate surface area is 151 Å². The van der Waals surface area contributed by atoms with E-state index in [2.05, 4.69) is 16.2 Å². The average Bonchev–Trinajstić information content (AvgIpc) is 2.58. The average molecular weight is 362 g/mol. The smallest absolute Gasteiger partial charge is 0.337 e. The maximum absolute atomic E-state index is 12.0. The Bertz CT molecular complexity index is 763. The van der Waals surface area contributed by atoms with Crippen LogP contribution in [0.1, 0.15) is 18.1 Å². The zero-order valence-electron chi connectivity index (χ0n) is 14.2. The highest BCUT2D eigenvalue weighted by Gasteiger charge is 2.15. The van der Waals surface area contributed by atoms with Gasteiger partial charge in [0.25, 0.3) is 5.91 Å². The maximum atomic E-state index is 12.0. The van der Waals surface area contributed by atoms with Crippen molar-refractivity contribution in [2.24, 2.45) is 0 Å². The van der Waals surface area contributed by atoms with Crippen LogP contribution in [0.5, 0.6) is 5.75 Å². The van der Waals surface area contributed by atoms with Gasteiger partial charge in [-0.25, -0.2) is 10.2 Å². The van der Waals surface area contributed by atoms with E-state index < -0.39 is 18.0 Å². The predicted octanol–water partition coefficient (Wildman–Crippen LogP) is 3.58. The molecule has 132 valence electrons. The molecule has 1 unspecified atom stereocenters. The van der Waals surface area contributed by atoms with Crippen molar-refractivity contribution in [1.82, 2.24) is 10.9 Å². The first kappa shape index (κ1) is 18.6. The fourth-order valence-corrected chi connectivity index (χ4v) is 2.09. The highest BCUT2D eigenvalue weighted by molar-refractivity contribution is 6.30. The molecule has 2 aromatic rings. The predicted molar refractivity (Wildman–Crippen MR) is 97.8 cm³/mol. The Kier molecular flexibility index (Phi) is 6.25. The molecule has 2 rings (SSSR count). The third-order valence-corrected chi connectivity index (χ3v) is 3.81. The van der Waals surface area contributed by atoms with Crippen LogP contribution >= 0.6 is 11.6 Å². The molecular weight excluding hydrogens is 342 g/mol. The Balaban J connectivity index is 1.81. The number of carbonyl (C=O) groups excluding carboxylic acids is 2. The summed E-state index contributed by atoms with van der Waals surface area (Å²) in [5, 5.41) is 3.13. The molecule has 6 nitrogen and oxygen atoms in total. The zero-order valence-corrected chi connectivity index (χ0v) is 15.0. The van der Waals surface area contributed by atoms with Crippen molar-refractivity contribution < 1.29 is 14.3 Å². The van der Waals surface area contributed by atoms with E-state index in [4.69, 9.17) is 16.3 Å². The Morgan fingerprint density at radius 1 is 1.00 bits per heavy atom. The lowest BCUT2D eigenvalue weighted by Gasteiger charge is -2.16. The van der Waals surface area contributed by atoms with Crippen LogP contribution in [0.4, 0.5) is 10.5 Å². The van der Waals surface area contributed by atoms with Gasteiger partial charge < -0.3 is 10.1 Å². The summed E-state index contributed by atoms with van der Waals surface area (Å²) in [4.78, 5) is 23.8. The minimum atomic E-state index is -0.766. The van der Waals surface area contributed by atoms with Crippen molar-refractivity contribution in [1.29, 1.82) is 0 Å². The van der Waals surface area contributed by atoms with Crippen LogP contribution < -0.4 is 20.9 Å². The van der Waals surface area contributed by atoms with Crippen molar-refractivity contribution in [2.45, 2.75) is 26.9 Å². The molecule has 2 aromatic carbocycles. The van der Waals surface area contributed by atoms with Gasteiger partial charge in [-0.3, -0.25) is 10.2 Å². The first-order valence-electron chi connectivity index (χ1n) is 7.71. The first-order chi connectivity index (χ1) is 11.8. The van der Waals surface area contributed by atoms with Gasteiger partial charge in [-0.1, -0.05) is 17.7 Å². The first-order valence-corrected chi connectivity index (χ1v) is 8.09. The number of rotatable bonds is 4. The molecule has 0 aliphatic rings. The van der Waals surface area contributed by atoms with Gasteiger partial charge in [0.1, 0.15) is 5.75 Å². The van der Waals surface area contributed by atoms with E-state index in [0.717, 1.165) is 11.1 Å². The lowest BCUT2D eigenvalue weighted by Crippen LogP contribution is -2.48. The van der Waals surface area contributed by atoms with Crippen molar-refractivity contribution in [3.05, 3.63) is 58.6 Å². The summed E-state index contributed by atoms with van der Waals surface area (Å²) < 4.78 is 5.58. The number of hydrogen-bond acceptors (Lipinski definition) is 3.